The fourth-order valence-corrected chi connectivity index (χ4v) is 2.72. The van der Waals surface area contributed by atoms with Gasteiger partial charge in [0.05, 0.1) is 31.2 Å². The molecule has 7 heteroatoms. The monoisotopic (exact) mass is 320 g/mol. The zero-order chi connectivity index (χ0) is 15.9. The molecule has 2 N–H and O–H groups in total. The van der Waals surface area contributed by atoms with Crippen molar-refractivity contribution < 1.29 is 19.4 Å². The highest BCUT2D eigenvalue weighted by Gasteiger charge is 2.12. The lowest BCUT2D eigenvalue weighted by Crippen LogP contribution is -2.27. The van der Waals surface area contributed by atoms with Crippen LogP contribution in [-0.2, 0) is 16.0 Å². The molecule has 0 fully saturated rings. The number of para-hydroxylation sites is 1. The Labute approximate surface area is 131 Å². The summed E-state index contributed by atoms with van der Waals surface area (Å²) in [4.78, 5) is 26.5. The molecule has 0 spiro atoms. The number of hydrogen-bond donors (Lipinski definition) is 2. The molecule has 1 amide bonds. The number of carbonyl (C=O) groups excluding carboxylic acids is 1. The summed E-state index contributed by atoms with van der Waals surface area (Å²) in [5.41, 5.74) is 1.53. The van der Waals surface area contributed by atoms with Crippen molar-refractivity contribution in [2.75, 3.05) is 13.7 Å². The molecule has 2 aromatic rings. The third-order valence-corrected chi connectivity index (χ3v) is 3.82. The first kappa shape index (κ1) is 16.0. The Bertz CT molecular complexity index is 669. The maximum absolute atomic E-state index is 11.7. The van der Waals surface area contributed by atoms with Gasteiger partial charge in [-0.2, -0.15) is 0 Å². The number of thiazole rings is 1. The smallest absolute Gasteiger partial charge is 0.305 e. The lowest BCUT2D eigenvalue weighted by molar-refractivity contribution is -0.136. The number of ether oxygens (including phenoxy) is 1. The minimum atomic E-state index is -0.938. The Morgan fingerprint density at radius 1 is 1.36 bits per heavy atom. The Balaban J connectivity index is 1.99. The number of amides is 1. The zero-order valence-corrected chi connectivity index (χ0v) is 12.9. The molecule has 0 radical (unpaired) electrons. The molecule has 116 valence electrons. The van der Waals surface area contributed by atoms with Crippen LogP contribution in [0.4, 0.5) is 0 Å². The van der Waals surface area contributed by atoms with Gasteiger partial charge in [-0.25, -0.2) is 4.98 Å². The molecule has 0 aliphatic heterocycles. The van der Waals surface area contributed by atoms with Crippen LogP contribution in [0.3, 0.4) is 0 Å². The molecule has 0 saturated carbocycles. The SMILES string of the molecule is COc1ccccc1-c1nc(CC(=O)NCCC(=O)O)cs1. The standard InChI is InChI=1S/C15H16N2O4S/c1-21-12-5-3-2-4-11(12)15-17-10(9-22-15)8-13(18)16-7-6-14(19)20/h2-5,9H,6-8H2,1H3,(H,16,18)(H,19,20). The van der Waals surface area contributed by atoms with E-state index in [1.165, 1.54) is 11.3 Å². The van der Waals surface area contributed by atoms with E-state index in [9.17, 15) is 9.59 Å². The van der Waals surface area contributed by atoms with E-state index in [-0.39, 0.29) is 25.3 Å². The molecule has 0 unspecified atom stereocenters. The van der Waals surface area contributed by atoms with Crippen LogP contribution >= 0.6 is 11.3 Å². The molecular formula is C15H16N2O4S. The van der Waals surface area contributed by atoms with Crippen LogP contribution in [0.2, 0.25) is 0 Å². The van der Waals surface area contributed by atoms with E-state index < -0.39 is 5.97 Å². The highest BCUT2D eigenvalue weighted by Crippen LogP contribution is 2.31. The molecule has 0 aliphatic rings. The van der Waals surface area contributed by atoms with Gasteiger partial charge in [0.2, 0.25) is 5.91 Å². The van der Waals surface area contributed by atoms with Crippen LogP contribution in [0, 0.1) is 0 Å². The van der Waals surface area contributed by atoms with Gasteiger partial charge in [-0.1, -0.05) is 12.1 Å². The first-order chi connectivity index (χ1) is 10.6. The molecule has 0 bridgehead atoms. The molecule has 0 saturated heterocycles. The van der Waals surface area contributed by atoms with Crippen molar-refractivity contribution in [2.24, 2.45) is 0 Å². The van der Waals surface area contributed by atoms with Crippen molar-refractivity contribution in [2.45, 2.75) is 12.8 Å². The normalized spacial score (nSPS) is 10.2. The second kappa shape index (κ2) is 7.56. The average Bonchev–Trinajstić information content (AvgIpc) is 2.95. The number of carbonyl (C=O) groups is 2. The van der Waals surface area contributed by atoms with E-state index in [2.05, 4.69) is 10.3 Å². The van der Waals surface area contributed by atoms with Gasteiger partial charge in [-0.15, -0.1) is 11.3 Å². The van der Waals surface area contributed by atoms with Gasteiger partial charge in [0.15, 0.2) is 0 Å². The molecular weight excluding hydrogens is 304 g/mol. The number of aromatic nitrogens is 1. The summed E-state index contributed by atoms with van der Waals surface area (Å²) >= 11 is 1.44. The molecule has 0 atom stereocenters. The number of nitrogens with zero attached hydrogens (tertiary/aromatic N) is 1. The quantitative estimate of drug-likeness (QED) is 0.814. The lowest BCUT2D eigenvalue weighted by Gasteiger charge is -2.04. The number of benzene rings is 1. The number of aliphatic carboxylic acids is 1. The molecule has 2 rings (SSSR count). The van der Waals surface area contributed by atoms with Gasteiger partial charge in [-0.3, -0.25) is 9.59 Å². The van der Waals surface area contributed by atoms with Crippen molar-refractivity contribution in [3.63, 3.8) is 0 Å². The Hall–Kier alpha value is -2.41. The van der Waals surface area contributed by atoms with Gasteiger partial charge in [0, 0.05) is 11.9 Å². The van der Waals surface area contributed by atoms with Gasteiger partial charge >= 0.3 is 5.97 Å². The molecule has 1 aromatic carbocycles. The van der Waals surface area contributed by atoms with Crippen molar-refractivity contribution in [3.05, 3.63) is 35.3 Å². The van der Waals surface area contributed by atoms with E-state index in [1.807, 2.05) is 29.6 Å². The second-order valence-electron chi connectivity index (χ2n) is 4.51. The van der Waals surface area contributed by atoms with E-state index >= 15 is 0 Å². The minimum Gasteiger partial charge on any atom is -0.496 e. The first-order valence-corrected chi connectivity index (χ1v) is 7.54. The van der Waals surface area contributed by atoms with Gasteiger partial charge in [0.1, 0.15) is 10.8 Å². The fraction of sp³-hybridized carbons (Fsp3) is 0.267. The van der Waals surface area contributed by atoms with Crippen LogP contribution in [0.1, 0.15) is 12.1 Å². The van der Waals surface area contributed by atoms with Crippen LogP contribution in [0.5, 0.6) is 5.75 Å². The van der Waals surface area contributed by atoms with Crippen LogP contribution in [-0.4, -0.2) is 35.6 Å². The molecule has 1 aromatic heterocycles. The largest absolute Gasteiger partial charge is 0.496 e. The van der Waals surface area contributed by atoms with Crippen molar-refractivity contribution in [1.82, 2.24) is 10.3 Å². The summed E-state index contributed by atoms with van der Waals surface area (Å²) in [7, 11) is 1.60. The Morgan fingerprint density at radius 2 is 2.14 bits per heavy atom. The highest BCUT2D eigenvalue weighted by molar-refractivity contribution is 7.13. The van der Waals surface area contributed by atoms with E-state index in [1.54, 1.807) is 7.11 Å². The van der Waals surface area contributed by atoms with E-state index in [0.717, 1.165) is 16.3 Å². The summed E-state index contributed by atoms with van der Waals surface area (Å²) in [6, 6.07) is 7.55. The summed E-state index contributed by atoms with van der Waals surface area (Å²) in [6.45, 7) is 0.123. The zero-order valence-electron chi connectivity index (χ0n) is 12.0. The lowest BCUT2D eigenvalue weighted by atomic mass is 10.2. The highest BCUT2D eigenvalue weighted by atomic mass is 32.1. The van der Waals surface area contributed by atoms with Gasteiger partial charge in [0.25, 0.3) is 0 Å². The van der Waals surface area contributed by atoms with Crippen LogP contribution in [0.15, 0.2) is 29.6 Å². The van der Waals surface area contributed by atoms with Crippen molar-refractivity contribution in [3.8, 4) is 16.3 Å². The third kappa shape index (κ3) is 4.29. The first-order valence-electron chi connectivity index (χ1n) is 6.66. The Kier molecular flexibility index (Phi) is 5.48. The van der Waals surface area contributed by atoms with E-state index in [0.29, 0.717) is 5.69 Å². The van der Waals surface area contributed by atoms with Gasteiger partial charge in [-0.05, 0) is 12.1 Å². The molecule has 0 aliphatic carbocycles. The number of methoxy groups -OCH3 is 1. The summed E-state index contributed by atoms with van der Waals surface area (Å²) in [6.07, 6.45) is 0.0422. The van der Waals surface area contributed by atoms with E-state index in [4.69, 9.17) is 9.84 Å². The number of carboxylic acids is 1. The van der Waals surface area contributed by atoms with Crippen LogP contribution < -0.4 is 10.1 Å². The number of rotatable bonds is 7. The van der Waals surface area contributed by atoms with Crippen molar-refractivity contribution in [1.29, 1.82) is 0 Å². The molecule has 1 heterocycles. The number of carboxylic acid groups (broad SMARTS) is 1. The molecule has 6 nitrogen and oxygen atoms in total. The summed E-state index contributed by atoms with van der Waals surface area (Å²) in [5.74, 6) is -0.445. The average molecular weight is 320 g/mol. The topological polar surface area (TPSA) is 88.5 Å². The Morgan fingerprint density at radius 3 is 2.86 bits per heavy atom. The summed E-state index contributed by atoms with van der Waals surface area (Å²) in [5, 5.41) is 13.7. The number of hydrogen-bond acceptors (Lipinski definition) is 5. The minimum absolute atomic E-state index is 0.0880. The number of nitrogens with one attached hydrogen (secondary N) is 1. The maximum atomic E-state index is 11.7. The third-order valence-electron chi connectivity index (χ3n) is 2.89. The maximum Gasteiger partial charge on any atom is 0.305 e. The predicted molar refractivity (Wildman–Crippen MR) is 83.1 cm³/mol. The van der Waals surface area contributed by atoms with Crippen molar-refractivity contribution >= 4 is 23.2 Å². The second-order valence-corrected chi connectivity index (χ2v) is 5.37. The fourth-order valence-electron chi connectivity index (χ4n) is 1.87. The van der Waals surface area contributed by atoms with Gasteiger partial charge < -0.3 is 15.2 Å². The predicted octanol–water partition coefficient (Wildman–Crippen LogP) is 1.95. The summed E-state index contributed by atoms with van der Waals surface area (Å²) < 4.78 is 5.30. The van der Waals surface area contributed by atoms with Crippen LogP contribution in [0.25, 0.3) is 10.6 Å². The molecule has 22 heavy (non-hydrogen) atoms.